The molecule has 0 amide bonds. The van der Waals surface area contributed by atoms with Crippen LogP contribution >= 0.6 is 0 Å². The Morgan fingerprint density at radius 2 is 1.69 bits per heavy atom. The Hall–Kier alpha value is -3.32. The number of aryl methyl sites for hydroxylation is 3. The molecule has 0 atom stereocenters. The normalized spacial score (nSPS) is 10.4. The third-order valence-electron chi connectivity index (χ3n) is 4.30. The van der Waals surface area contributed by atoms with E-state index in [1.807, 2.05) is 75.4 Å². The molecule has 0 saturated carbocycles. The van der Waals surface area contributed by atoms with Gasteiger partial charge in [0.15, 0.2) is 0 Å². The number of nitrogens with zero attached hydrogens (tertiary/aromatic N) is 1. The summed E-state index contributed by atoms with van der Waals surface area (Å²) in [5.74, 6) is 0.771. The molecule has 0 aliphatic carbocycles. The van der Waals surface area contributed by atoms with E-state index in [4.69, 9.17) is 4.74 Å². The molecule has 0 aliphatic rings. The number of rotatable bonds is 4. The molecule has 3 aromatic rings. The van der Waals surface area contributed by atoms with Gasteiger partial charge in [-0.05, 0) is 61.2 Å². The summed E-state index contributed by atoms with van der Waals surface area (Å²) in [5, 5.41) is 9.40. The Morgan fingerprint density at radius 3 is 2.31 bits per heavy atom. The number of hydrogen-bond donors (Lipinski definition) is 1. The largest absolute Gasteiger partial charge is 0.489 e. The number of aromatic amines is 1. The zero-order valence-electron chi connectivity index (χ0n) is 15.1. The summed E-state index contributed by atoms with van der Waals surface area (Å²) < 4.78 is 5.92. The lowest BCUT2D eigenvalue weighted by Crippen LogP contribution is -2.13. The fraction of sp³-hybridized carbons (Fsp3) is 0.182. The van der Waals surface area contributed by atoms with Crippen molar-refractivity contribution in [3.05, 3.63) is 86.8 Å². The van der Waals surface area contributed by atoms with Crippen LogP contribution in [0.25, 0.3) is 11.1 Å². The van der Waals surface area contributed by atoms with E-state index >= 15 is 0 Å². The van der Waals surface area contributed by atoms with Crippen LogP contribution in [0.15, 0.2) is 53.3 Å². The van der Waals surface area contributed by atoms with E-state index in [1.54, 1.807) is 0 Å². The SMILES string of the molecule is Cc1cc(-c2c(C)cc(OCc3ccccc3)cc2C)c(C#N)c(=O)[nH]1. The Labute approximate surface area is 152 Å². The van der Waals surface area contributed by atoms with Crippen LogP contribution in [0.1, 0.15) is 27.9 Å². The zero-order chi connectivity index (χ0) is 18.7. The summed E-state index contributed by atoms with van der Waals surface area (Å²) in [4.78, 5) is 14.8. The topological polar surface area (TPSA) is 65.9 Å². The number of hydrogen-bond acceptors (Lipinski definition) is 3. The summed E-state index contributed by atoms with van der Waals surface area (Å²) in [6.45, 7) is 6.24. The van der Waals surface area contributed by atoms with Gasteiger partial charge in [-0.3, -0.25) is 4.79 Å². The minimum atomic E-state index is -0.356. The van der Waals surface area contributed by atoms with Crippen molar-refractivity contribution in [1.82, 2.24) is 4.98 Å². The van der Waals surface area contributed by atoms with Crippen LogP contribution in [0.5, 0.6) is 5.75 Å². The first-order chi connectivity index (χ1) is 12.5. The molecule has 1 aromatic heterocycles. The number of aromatic nitrogens is 1. The molecule has 0 aliphatic heterocycles. The molecule has 1 heterocycles. The van der Waals surface area contributed by atoms with Crippen LogP contribution in [-0.2, 0) is 6.61 Å². The first kappa shape index (κ1) is 17.5. The lowest BCUT2D eigenvalue weighted by molar-refractivity contribution is 0.306. The Bertz CT molecular complexity index is 1020. The molecule has 0 spiro atoms. The minimum absolute atomic E-state index is 0.139. The van der Waals surface area contributed by atoms with Gasteiger partial charge in [-0.1, -0.05) is 30.3 Å². The molecular formula is C22H20N2O2. The number of pyridine rings is 1. The average Bonchev–Trinajstić information content (AvgIpc) is 2.60. The predicted molar refractivity (Wildman–Crippen MR) is 102 cm³/mol. The minimum Gasteiger partial charge on any atom is -0.489 e. The van der Waals surface area contributed by atoms with Crippen LogP contribution in [-0.4, -0.2) is 4.98 Å². The lowest BCUT2D eigenvalue weighted by atomic mass is 9.92. The van der Waals surface area contributed by atoms with Crippen molar-refractivity contribution < 1.29 is 4.74 Å². The molecule has 0 fully saturated rings. The first-order valence-corrected chi connectivity index (χ1v) is 8.42. The van der Waals surface area contributed by atoms with Gasteiger partial charge in [-0.2, -0.15) is 5.26 Å². The van der Waals surface area contributed by atoms with Crippen LogP contribution in [0.4, 0.5) is 0 Å². The molecule has 2 aromatic carbocycles. The van der Waals surface area contributed by atoms with Gasteiger partial charge < -0.3 is 9.72 Å². The van der Waals surface area contributed by atoms with Crippen molar-refractivity contribution in [3.63, 3.8) is 0 Å². The van der Waals surface area contributed by atoms with Crippen molar-refractivity contribution in [1.29, 1.82) is 5.26 Å². The van der Waals surface area contributed by atoms with E-state index in [0.717, 1.165) is 33.7 Å². The third-order valence-corrected chi connectivity index (χ3v) is 4.30. The second-order valence-corrected chi connectivity index (χ2v) is 6.39. The van der Waals surface area contributed by atoms with E-state index in [2.05, 4.69) is 4.98 Å². The van der Waals surface area contributed by atoms with Crippen molar-refractivity contribution in [2.45, 2.75) is 27.4 Å². The monoisotopic (exact) mass is 344 g/mol. The highest BCUT2D eigenvalue weighted by atomic mass is 16.5. The van der Waals surface area contributed by atoms with Crippen LogP contribution < -0.4 is 10.3 Å². The molecule has 26 heavy (non-hydrogen) atoms. The van der Waals surface area contributed by atoms with E-state index in [0.29, 0.717) is 12.2 Å². The molecule has 4 nitrogen and oxygen atoms in total. The van der Waals surface area contributed by atoms with E-state index in [9.17, 15) is 10.1 Å². The third kappa shape index (κ3) is 3.52. The molecule has 0 saturated heterocycles. The number of ether oxygens (including phenoxy) is 1. The zero-order valence-corrected chi connectivity index (χ0v) is 15.1. The average molecular weight is 344 g/mol. The van der Waals surface area contributed by atoms with Gasteiger partial charge in [-0.25, -0.2) is 0 Å². The summed E-state index contributed by atoms with van der Waals surface area (Å²) >= 11 is 0. The highest BCUT2D eigenvalue weighted by molar-refractivity contribution is 5.76. The van der Waals surface area contributed by atoms with E-state index in [1.165, 1.54) is 0 Å². The highest BCUT2D eigenvalue weighted by Gasteiger charge is 2.15. The van der Waals surface area contributed by atoms with Crippen LogP contribution in [0, 0.1) is 32.1 Å². The van der Waals surface area contributed by atoms with Crippen molar-refractivity contribution in [2.75, 3.05) is 0 Å². The maximum Gasteiger partial charge on any atom is 0.266 e. The maximum atomic E-state index is 12.1. The number of nitrogens with one attached hydrogen (secondary N) is 1. The van der Waals surface area contributed by atoms with Crippen molar-refractivity contribution in [2.24, 2.45) is 0 Å². The fourth-order valence-corrected chi connectivity index (χ4v) is 3.17. The Morgan fingerprint density at radius 1 is 1.04 bits per heavy atom. The first-order valence-electron chi connectivity index (χ1n) is 8.42. The maximum absolute atomic E-state index is 12.1. The Balaban J connectivity index is 1.99. The molecule has 0 bridgehead atoms. The fourth-order valence-electron chi connectivity index (χ4n) is 3.17. The van der Waals surface area contributed by atoms with Gasteiger partial charge in [-0.15, -0.1) is 0 Å². The molecule has 1 N–H and O–H groups in total. The smallest absolute Gasteiger partial charge is 0.266 e. The summed E-state index contributed by atoms with van der Waals surface area (Å²) in [7, 11) is 0. The van der Waals surface area contributed by atoms with E-state index < -0.39 is 0 Å². The number of H-pyrrole nitrogens is 1. The van der Waals surface area contributed by atoms with Gasteiger partial charge in [0.05, 0.1) is 0 Å². The van der Waals surface area contributed by atoms with Gasteiger partial charge >= 0.3 is 0 Å². The number of benzene rings is 2. The summed E-state index contributed by atoms with van der Waals surface area (Å²) in [5.41, 5.74) is 5.12. The van der Waals surface area contributed by atoms with Crippen LogP contribution in [0.3, 0.4) is 0 Å². The van der Waals surface area contributed by atoms with Gasteiger partial charge in [0.25, 0.3) is 5.56 Å². The van der Waals surface area contributed by atoms with E-state index in [-0.39, 0.29) is 11.1 Å². The molecule has 3 rings (SSSR count). The predicted octanol–water partition coefficient (Wildman–Crippen LogP) is 4.42. The van der Waals surface area contributed by atoms with Crippen molar-refractivity contribution >= 4 is 0 Å². The van der Waals surface area contributed by atoms with Crippen molar-refractivity contribution in [3.8, 4) is 22.9 Å². The molecule has 130 valence electrons. The van der Waals surface area contributed by atoms with Crippen LogP contribution in [0.2, 0.25) is 0 Å². The quantitative estimate of drug-likeness (QED) is 0.762. The number of nitriles is 1. The van der Waals surface area contributed by atoms with Gasteiger partial charge in [0.1, 0.15) is 24.0 Å². The molecule has 0 radical (unpaired) electrons. The second kappa shape index (κ2) is 7.28. The van der Waals surface area contributed by atoms with Gasteiger partial charge in [0, 0.05) is 11.3 Å². The second-order valence-electron chi connectivity index (χ2n) is 6.39. The molecule has 4 heteroatoms. The highest BCUT2D eigenvalue weighted by Crippen LogP contribution is 2.32. The molecule has 0 unspecified atom stereocenters. The summed E-state index contributed by atoms with van der Waals surface area (Å²) in [6.07, 6.45) is 0. The Kier molecular flexibility index (Phi) is 4.90. The standard InChI is InChI=1S/C22H20N2O2/c1-14-9-18(26-13-17-7-5-4-6-8-17)10-15(2)21(14)19-11-16(3)24-22(25)20(19)12-23/h4-11H,13H2,1-3H3,(H,24,25). The lowest BCUT2D eigenvalue weighted by Gasteiger charge is -2.15. The summed E-state index contributed by atoms with van der Waals surface area (Å²) in [6, 6.07) is 17.8. The molecular weight excluding hydrogens is 324 g/mol. The van der Waals surface area contributed by atoms with Gasteiger partial charge in [0.2, 0.25) is 0 Å².